The molecule has 5 heteroatoms. The summed E-state index contributed by atoms with van der Waals surface area (Å²) in [7, 11) is 0. The van der Waals surface area contributed by atoms with Crippen molar-refractivity contribution in [1.29, 1.82) is 0 Å². The van der Waals surface area contributed by atoms with Gasteiger partial charge in [0.2, 0.25) is 0 Å². The second-order valence-electron chi connectivity index (χ2n) is 2.11. The zero-order valence-corrected chi connectivity index (χ0v) is 6.70. The number of carbonyl (C=O) groups excluding carboxylic acids is 1. The molecule has 0 aliphatic carbocycles. The minimum atomic E-state index is -0.565. The molecule has 0 aliphatic heterocycles. The Morgan fingerprint density at radius 1 is 1.82 bits per heavy atom. The Kier molecular flexibility index (Phi) is 5.10. The smallest absolute Gasteiger partial charge is 0.427 e. The van der Waals surface area contributed by atoms with E-state index in [1.54, 1.807) is 13.8 Å². The standard InChI is InChI=1S/C6H13N3O2/c1-5(2)11-6(10)9-8-4-3-7/h4-5H,3,7H2,1-2H3,(H,9,10)/b8-4+. The first-order valence-electron chi connectivity index (χ1n) is 3.35. The second kappa shape index (κ2) is 5.67. The topological polar surface area (TPSA) is 76.7 Å². The highest BCUT2D eigenvalue weighted by Crippen LogP contribution is 1.86. The van der Waals surface area contributed by atoms with E-state index in [-0.39, 0.29) is 6.10 Å². The van der Waals surface area contributed by atoms with E-state index in [1.807, 2.05) is 0 Å². The maximum Gasteiger partial charge on any atom is 0.427 e. The normalized spacial score (nSPS) is 10.5. The van der Waals surface area contributed by atoms with Crippen LogP contribution in [0.4, 0.5) is 4.79 Å². The average molecular weight is 159 g/mol. The number of carbonyl (C=O) groups is 1. The molecule has 0 aromatic carbocycles. The van der Waals surface area contributed by atoms with Crippen LogP contribution < -0.4 is 11.2 Å². The van der Waals surface area contributed by atoms with Gasteiger partial charge in [0.15, 0.2) is 0 Å². The number of ether oxygens (including phenoxy) is 1. The van der Waals surface area contributed by atoms with Gasteiger partial charge < -0.3 is 10.5 Å². The molecule has 11 heavy (non-hydrogen) atoms. The summed E-state index contributed by atoms with van der Waals surface area (Å²) in [5.41, 5.74) is 7.22. The molecule has 0 aliphatic rings. The number of rotatable bonds is 3. The maximum absolute atomic E-state index is 10.6. The molecule has 0 saturated heterocycles. The van der Waals surface area contributed by atoms with Gasteiger partial charge in [0.05, 0.1) is 6.10 Å². The lowest BCUT2D eigenvalue weighted by molar-refractivity contribution is 0.116. The van der Waals surface area contributed by atoms with E-state index in [4.69, 9.17) is 10.5 Å². The Morgan fingerprint density at radius 3 is 2.91 bits per heavy atom. The van der Waals surface area contributed by atoms with Crippen LogP contribution in [-0.2, 0) is 4.74 Å². The lowest BCUT2D eigenvalue weighted by Crippen LogP contribution is -2.22. The fraction of sp³-hybridized carbons (Fsp3) is 0.667. The molecule has 5 nitrogen and oxygen atoms in total. The van der Waals surface area contributed by atoms with Gasteiger partial charge in [-0.15, -0.1) is 0 Å². The molecule has 0 radical (unpaired) electrons. The Morgan fingerprint density at radius 2 is 2.45 bits per heavy atom. The molecule has 0 heterocycles. The second-order valence-corrected chi connectivity index (χ2v) is 2.11. The quantitative estimate of drug-likeness (QED) is 0.451. The zero-order chi connectivity index (χ0) is 8.69. The molecule has 0 unspecified atom stereocenters. The van der Waals surface area contributed by atoms with Crippen LogP contribution in [0.2, 0.25) is 0 Å². The lowest BCUT2D eigenvalue weighted by Gasteiger charge is -2.05. The average Bonchev–Trinajstić information content (AvgIpc) is 1.86. The van der Waals surface area contributed by atoms with Gasteiger partial charge in [-0.05, 0) is 13.8 Å². The molecule has 0 aromatic heterocycles. The summed E-state index contributed by atoms with van der Waals surface area (Å²) in [4.78, 5) is 10.6. The maximum atomic E-state index is 10.6. The number of nitrogens with one attached hydrogen (secondary N) is 1. The highest BCUT2D eigenvalue weighted by atomic mass is 16.6. The molecule has 64 valence electrons. The van der Waals surface area contributed by atoms with Gasteiger partial charge in [0.25, 0.3) is 0 Å². The third-order valence-electron chi connectivity index (χ3n) is 0.695. The van der Waals surface area contributed by atoms with Gasteiger partial charge >= 0.3 is 6.09 Å². The summed E-state index contributed by atoms with van der Waals surface area (Å²) < 4.78 is 4.69. The van der Waals surface area contributed by atoms with Crippen molar-refractivity contribution >= 4 is 12.3 Å². The summed E-state index contributed by atoms with van der Waals surface area (Å²) in [6.45, 7) is 3.81. The number of hydrogen-bond donors (Lipinski definition) is 2. The van der Waals surface area contributed by atoms with Crippen LogP contribution in [0.15, 0.2) is 5.10 Å². The van der Waals surface area contributed by atoms with Crippen molar-refractivity contribution in [2.75, 3.05) is 6.54 Å². The molecular formula is C6H13N3O2. The minimum Gasteiger partial charge on any atom is -0.446 e. The number of nitrogens with two attached hydrogens (primary N) is 1. The summed E-state index contributed by atoms with van der Waals surface area (Å²) in [5, 5.41) is 3.47. The summed E-state index contributed by atoms with van der Waals surface area (Å²) >= 11 is 0. The first kappa shape index (κ1) is 9.90. The highest BCUT2D eigenvalue weighted by Gasteiger charge is 2.00. The summed E-state index contributed by atoms with van der Waals surface area (Å²) in [6, 6.07) is 0. The first-order valence-corrected chi connectivity index (χ1v) is 3.35. The number of hydrazone groups is 1. The molecule has 0 aromatic rings. The van der Waals surface area contributed by atoms with E-state index in [1.165, 1.54) is 6.21 Å². The Labute approximate surface area is 65.6 Å². The first-order chi connectivity index (χ1) is 5.16. The molecule has 1 amide bonds. The summed E-state index contributed by atoms with van der Waals surface area (Å²) in [5.74, 6) is 0. The monoisotopic (exact) mass is 159 g/mol. The molecular weight excluding hydrogens is 146 g/mol. The Balaban J connectivity index is 3.45. The van der Waals surface area contributed by atoms with Crippen LogP contribution in [0.5, 0.6) is 0 Å². The predicted molar refractivity (Wildman–Crippen MR) is 42.3 cm³/mol. The molecule has 3 N–H and O–H groups in total. The SMILES string of the molecule is CC(C)OC(=O)N/N=C/CN. The molecule has 0 atom stereocenters. The van der Waals surface area contributed by atoms with Crippen LogP contribution in [0.25, 0.3) is 0 Å². The molecule has 0 spiro atoms. The highest BCUT2D eigenvalue weighted by molar-refractivity contribution is 5.69. The molecule has 0 rings (SSSR count). The fourth-order valence-corrected chi connectivity index (χ4v) is 0.391. The number of amides is 1. The van der Waals surface area contributed by atoms with Gasteiger partial charge in [-0.3, -0.25) is 0 Å². The number of nitrogens with zero attached hydrogens (tertiary/aromatic N) is 1. The van der Waals surface area contributed by atoms with Gasteiger partial charge in [-0.1, -0.05) is 0 Å². The van der Waals surface area contributed by atoms with E-state index in [0.29, 0.717) is 6.54 Å². The van der Waals surface area contributed by atoms with Crippen molar-refractivity contribution in [2.45, 2.75) is 20.0 Å². The third-order valence-corrected chi connectivity index (χ3v) is 0.695. The summed E-state index contributed by atoms with van der Waals surface area (Å²) in [6.07, 6.45) is 0.675. The van der Waals surface area contributed by atoms with Crippen LogP contribution >= 0.6 is 0 Å². The van der Waals surface area contributed by atoms with Gasteiger partial charge in [0.1, 0.15) is 0 Å². The molecule has 0 fully saturated rings. The van der Waals surface area contributed by atoms with Crippen LogP contribution in [0.1, 0.15) is 13.8 Å². The predicted octanol–water partition coefficient (Wildman–Crippen LogP) is 0.0655. The van der Waals surface area contributed by atoms with E-state index in [9.17, 15) is 4.79 Å². The van der Waals surface area contributed by atoms with E-state index in [0.717, 1.165) is 0 Å². The largest absolute Gasteiger partial charge is 0.446 e. The van der Waals surface area contributed by atoms with Crippen LogP contribution in [-0.4, -0.2) is 25.0 Å². The van der Waals surface area contributed by atoms with Crippen molar-refractivity contribution < 1.29 is 9.53 Å². The van der Waals surface area contributed by atoms with Gasteiger partial charge in [0, 0.05) is 12.8 Å². The van der Waals surface area contributed by atoms with Crippen molar-refractivity contribution in [1.82, 2.24) is 5.43 Å². The van der Waals surface area contributed by atoms with Gasteiger partial charge in [-0.25, -0.2) is 10.2 Å². The Hall–Kier alpha value is -1.10. The van der Waals surface area contributed by atoms with E-state index in [2.05, 4.69) is 10.5 Å². The fourth-order valence-electron chi connectivity index (χ4n) is 0.391. The van der Waals surface area contributed by atoms with Crippen LogP contribution in [0, 0.1) is 0 Å². The lowest BCUT2D eigenvalue weighted by atomic mass is 10.5. The van der Waals surface area contributed by atoms with Crippen LogP contribution in [0.3, 0.4) is 0 Å². The minimum absolute atomic E-state index is 0.136. The van der Waals surface area contributed by atoms with Crippen molar-refractivity contribution in [3.8, 4) is 0 Å². The zero-order valence-electron chi connectivity index (χ0n) is 6.70. The Bertz CT molecular complexity index is 145. The van der Waals surface area contributed by atoms with Gasteiger partial charge in [-0.2, -0.15) is 5.10 Å². The van der Waals surface area contributed by atoms with Crippen molar-refractivity contribution in [2.24, 2.45) is 10.8 Å². The number of hydrogen-bond acceptors (Lipinski definition) is 4. The van der Waals surface area contributed by atoms with Crippen molar-refractivity contribution in [3.63, 3.8) is 0 Å². The van der Waals surface area contributed by atoms with E-state index >= 15 is 0 Å². The third kappa shape index (κ3) is 6.79. The van der Waals surface area contributed by atoms with E-state index < -0.39 is 6.09 Å². The molecule has 0 saturated carbocycles. The molecule has 0 bridgehead atoms. The van der Waals surface area contributed by atoms with Crippen molar-refractivity contribution in [3.05, 3.63) is 0 Å².